The van der Waals surface area contributed by atoms with Crippen LogP contribution in [0.5, 0.6) is 0 Å². The van der Waals surface area contributed by atoms with Gasteiger partial charge in [-0.05, 0) is 54.1 Å². The van der Waals surface area contributed by atoms with Crippen molar-refractivity contribution in [1.29, 1.82) is 0 Å². The minimum absolute atomic E-state index is 0.239. The van der Waals surface area contributed by atoms with Crippen LogP contribution >= 0.6 is 39.1 Å². The Bertz CT molecular complexity index is 1370. The van der Waals surface area contributed by atoms with Crippen molar-refractivity contribution >= 4 is 56.4 Å². The summed E-state index contributed by atoms with van der Waals surface area (Å²) in [5.41, 5.74) is 3.62. The molecule has 1 amide bonds. The fourth-order valence-corrected chi connectivity index (χ4v) is 5.04. The van der Waals surface area contributed by atoms with Gasteiger partial charge in [0.25, 0.3) is 5.91 Å². The topological polar surface area (TPSA) is 48.7 Å². The molecule has 1 aromatic heterocycles. The van der Waals surface area contributed by atoms with E-state index in [1.807, 2.05) is 54.6 Å². The number of carbonyl (C=O) groups is 1. The van der Waals surface area contributed by atoms with E-state index in [1.165, 1.54) is 0 Å². The summed E-state index contributed by atoms with van der Waals surface area (Å²) in [6, 6.07) is 24.8. The number of anilines is 2. The number of carbonyl (C=O) groups excluding carboxylic acids is 1. The molecule has 8 heteroatoms. The van der Waals surface area contributed by atoms with E-state index in [0.29, 0.717) is 16.5 Å². The third-order valence-electron chi connectivity index (χ3n) is 6.23. The lowest BCUT2D eigenvalue weighted by atomic mass is 10.2. The molecule has 36 heavy (non-hydrogen) atoms. The van der Waals surface area contributed by atoms with Crippen molar-refractivity contribution in [3.63, 3.8) is 0 Å². The zero-order valence-electron chi connectivity index (χ0n) is 19.4. The molecule has 1 aliphatic heterocycles. The summed E-state index contributed by atoms with van der Waals surface area (Å²) in [5, 5.41) is 4.28. The largest absolute Gasteiger partial charge is 0.451 e. The molecule has 3 aromatic carbocycles. The number of halogens is 3. The van der Waals surface area contributed by atoms with Crippen molar-refractivity contribution in [2.75, 3.05) is 36.4 Å². The standard InChI is InChI=1S/C28H24BrCl2N3O2/c29-21-7-5-19(6-8-21)26-11-12-27(36-26)28(35)32-22-9-10-25(24(31)17-22)34-15-13-33(14-16-34)18-20-3-1-2-4-23(20)30/h1-12,17H,13-16,18H2,(H,32,35). The minimum Gasteiger partial charge on any atom is -0.451 e. The highest BCUT2D eigenvalue weighted by Gasteiger charge is 2.20. The van der Waals surface area contributed by atoms with Crippen LogP contribution in [0.1, 0.15) is 16.1 Å². The van der Waals surface area contributed by atoms with Crippen LogP contribution in [0.25, 0.3) is 11.3 Å². The molecule has 5 nitrogen and oxygen atoms in total. The molecule has 0 saturated carbocycles. The molecule has 1 saturated heterocycles. The van der Waals surface area contributed by atoms with Gasteiger partial charge in [-0.2, -0.15) is 0 Å². The molecule has 0 radical (unpaired) electrons. The van der Waals surface area contributed by atoms with E-state index in [0.717, 1.165) is 59.0 Å². The Morgan fingerprint density at radius 1 is 0.889 bits per heavy atom. The van der Waals surface area contributed by atoms with Crippen LogP contribution in [0, 0.1) is 0 Å². The molecular weight excluding hydrogens is 561 g/mol. The van der Waals surface area contributed by atoms with Crippen molar-refractivity contribution < 1.29 is 9.21 Å². The van der Waals surface area contributed by atoms with Gasteiger partial charge in [-0.1, -0.05) is 69.5 Å². The molecular formula is C28H24BrCl2N3O2. The first kappa shape index (κ1) is 24.9. The fourth-order valence-electron chi connectivity index (χ4n) is 4.28. The summed E-state index contributed by atoms with van der Waals surface area (Å²) in [6.45, 7) is 4.39. The fraction of sp³-hybridized carbons (Fsp3) is 0.179. The molecule has 184 valence electrons. The van der Waals surface area contributed by atoms with Crippen LogP contribution in [0.3, 0.4) is 0 Å². The second-order valence-electron chi connectivity index (χ2n) is 8.65. The number of hydrogen-bond donors (Lipinski definition) is 1. The zero-order chi connectivity index (χ0) is 25.1. The molecule has 0 bridgehead atoms. The Morgan fingerprint density at radius 2 is 1.64 bits per heavy atom. The van der Waals surface area contributed by atoms with Gasteiger partial charge in [-0.25, -0.2) is 0 Å². The second kappa shape index (κ2) is 11.1. The van der Waals surface area contributed by atoms with Gasteiger partial charge in [-0.3, -0.25) is 9.69 Å². The van der Waals surface area contributed by atoms with Gasteiger partial charge in [-0.15, -0.1) is 0 Å². The smallest absolute Gasteiger partial charge is 0.291 e. The van der Waals surface area contributed by atoms with Crippen LogP contribution in [0.15, 0.2) is 87.8 Å². The summed E-state index contributed by atoms with van der Waals surface area (Å²) < 4.78 is 6.75. The highest BCUT2D eigenvalue weighted by atomic mass is 79.9. The lowest BCUT2D eigenvalue weighted by Crippen LogP contribution is -2.46. The Morgan fingerprint density at radius 3 is 2.36 bits per heavy atom. The summed E-state index contributed by atoms with van der Waals surface area (Å²) in [6.07, 6.45) is 0. The first-order chi connectivity index (χ1) is 17.5. The molecule has 0 atom stereocenters. The summed E-state index contributed by atoms with van der Waals surface area (Å²) >= 11 is 16.4. The minimum atomic E-state index is -0.324. The highest BCUT2D eigenvalue weighted by molar-refractivity contribution is 9.10. The molecule has 1 aliphatic rings. The van der Waals surface area contributed by atoms with Gasteiger partial charge in [0.15, 0.2) is 5.76 Å². The molecule has 0 spiro atoms. The van der Waals surface area contributed by atoms with Gasteiger partial charge in [0, 0.05) is 53.5 Å². The van der Waals surface area contributed by atoms with E-state index in [-0.39, 0.29) is 11.7 Å². The quantitative estimate of drug-likeness (QED) is 0.254. The molecule has 0 unspecified atom stereocenters. The average molecular weight is 585 g/mol. The van der Waals surface area contributed by atoms with Gasteiger partial charge >= 0.3 is 0 Å². The SMILES string of the molecule is O=C(Nc1ccc(N2CCN(Cc3ccccc3Cl)CC2)c(Cl)c1)c1ccc(-c2ccc(Br)cc2)o1. The lowest BCUT2D eigenvalue weighted by Gasteiger charge is -2.36. The number of hydrogen-bond acceptors (Lipinski definition) is 4. The lowest BCUT2D eigenvalue weighted by molar-refractivity contribution is 0.0997. The summed E-state index contributed by atoms with van der Waals surface area (Å²) in [5.74, 6) is 0.549. The van der Waals surface area contributed by atoms with Crippen molar-refractivity contribution in [3.8, 4) is 11.3 Å². The maximum absolute atomic E-state index is 12.7. The van der Waals surface area contributed by atoms with Crippen molar-refractivity contribution in [3.05, 3.63) is 105 Å². The number of amides is 1. The highest BCUT2D eigenvalue weighted by Crippen LogP contribution is 2.31. The number of rotatable bonds is 6. The van der Waals surface area contributed by atoms with E-state index in [9.17, 15) is 4.79 Å². The number of nitrogens with one attached hydrogen (secondary N) is 1. The van der Waals surface area contributed by atoms with Gasteiger partial charge < -0.3 is 14.6 Å². The third kappa shape index (κ3) is 5.79. The van der Waals surface area contributed by atoms with Crippen molar-refractivity contribution in [2.24, 2.45) is 0 Å². The molecule has 1 fully saturated rings. The van der Waals surface area contributed by atoms with E-state index in [4.69, 9.17) is 27.6 Å². The second-order valence-corrected chi connectivity index (χ2v) is 10.4. The van der Waals surface area contributed by atoms with E-state index in [1.54, 1.807) is 18.2 Å². The van der Waals surface area contributed by atoms with E-state index < -0.39 is 0 Å². The first-order valence-corrected chi connectivity index (χ1v) is 13.2. The Kier molecular flexibility index (Phi) is 7.67. The van der Waals surface area contributed by atoms with Crippen LogP contribution in [0.2, 0.25) is 10.0 Å². The summed E-state index contributed by atoms with van der Waals surface area (Å²) in [7, 11) is 0. The molecule has 0 aliphatic carbocycles. The summed E-state index contributed by atoms with van der Waals surface area (Å²) in [4.78, 5) is 17.4. The maximum atomic E-state index is 12.7. The van der Waals surface area contributed by atoms with E-state index in [2.05, 4.69) is 37.1 Å². The Balaban J connectivity index is 1.19. The first-order valence-electron chi connectivity index (χ1n) is 11.6. The Hall–Kier alpha value is -2.77. The van der Waals surface area contributed by atoms with Crippen molar-refractivity contribution in [1.82, 2.24) is 4.90 Å². The number of benzene rings is 3. The van der Waals surface area contributed by atoms with Crippen LogP contribution in [-0.2, 0) is 6.54 Å². The maximum Gasteiger partial charge on any atom is 0.291 e. The van der Waals surface area contributed by atoms with Gasteiger partial charge in [0.2, 0.25) is 0 Å². The van der Waals surface area contributed by atoms with Crippen LogP contribution < -0.4 is 10.2 Å². The van der Waals surface area contributed by atoms with Crippen molar-refractivity contribution in [2.45, 2.75) is 6.54 Å². The molecule has 2 heterocycles. The predicted octanol–water partition coefficient (Wildman–Crippen LogP) is 7.59. The number of nitrogens with zero attached hydrogens (tertiary/aromatic N) is 2. The molecule has 4 aromatic rings. The average Bonchev–Trinajstić information content (AvgIpc) is 3.37. The van der Waals surface area contributed by atoms with Gasteiger partial charge in [0.1, 0.15) is 5.76 Å². The normalized spacial score (nSPS) is 14.1. The van der Waals surface area contributed by atoms with E-state index >= 15 is 0 Å². The molecule has 5 rings (SSSR count). The zero-order valence-corrected chi connectivity index (χ0v) is 22.5. The van der Waals surface area contributed by atoms with Crippen LogP contribution in [-0.4, -0.2) is 37.0 Å². The molecule has 1 N–H and O–H groups in total. The monoisotopic (exact) mass is 583 g/mol. The third-order valence-corrected chi connectivity index (χ3v) is 7.43. The number of furan rings is 1. The predicted molar refractivity (Wildman–Crippen MR) is 150 cm³/mol. The number of piperazine rings is 1. The van der Waals surface area contributed by atoms with Gasteiger partial charge in [0.05, 0.1) is 10.7 Å². The van der Waals surface area contributed by atoms with Crippen LogP contribution in [0.4, 0.5) is 11.4 Å². The Labute approximate surface area is 228 Å².